The number of carbonyl (C=O) groups is 2. The second-order valence-electron chi connectivity index (χ2n) is 6.94. The Balaban J connectivity index is 2.03. The first-order valence-electron chi connectivity index (χ1n) is 8.85. The summed E-state index contributed by atoms with van der Waals surface area (Å²) in [5.41, 5.74) is 0.777. The molecule has 2 amide bonds. The van der Waals surface area contributed by atoms with E-state index in [0.717, 1.165) is 5.69 Å². The van der Waals surface area contributed by atoms with Gasteiger partial charge in [0.05, 0.1) is 0 Å². The van der Waals surface area contributed by atoms with Crippen molar-refractivity contribution in [2.24, 2.45) is 7.05 Å². The average molecular weight is 371 g/mol. The molecule has 1 N–H and O–H groups in total. The van der Waals surface area contributed by atoms with E-state index in [1.54, 1.807) is 19.2 Å². The van der Waals surface area contributed by atoms with Gasteiger partial charge in [0, 0.05) is 25.8 Å². The fourth-order valence-electron chi connectivity index (χ4n) is 3.44. The lowest BCUT2D eigenvalue weighted by atomic mass is 10.0. The van der Waals surface area contributed by atoms with Gasteiger partial charge >= 0.3 is 0 Å². The summed E-state index contributed by atoms with van der Waals surface area (Å²) in [6, 6.07) is 7.88. The number of hydrogen-bond acceptors (Lipinski definition) is 3. The lowest BCUT2D eigenvalue weighted by molar-refractivity contribution is -0.128. The van der Waals surface area contributed by atoms with Crippen molar-refractivity contribution < 1.29 is 14.0 Å². The van der Waals surface area contributed by atoms with Crippen LogP contribution in [0.15, 0.2) is 41.2 Å². The highest BCUT2D eigenvalue weighted by molar-refractivity contribution is 5.98. The van der Waals surface area contributed by atoms with Crippen molar-refractivity contribution in [3.05, 3.63) is 69.4 Å². The molecule has 3 rings (SSSR count). The van der Waals surface area contributed by atoms with Crippen LogP contribution in [0.25, 0.3) is 0 Å². The van der Waals surface area contributed by atoms with E-state index in [-0.39, 0.29) is 24.6 Å². The predicted molar refractivity (Wildman–Crippen MR) is 99.0 cm³/mol. The summed E-state index contributed by atoms with van der Waals surface area (Å²) in [5, 5.41) is 2.70. The van der Waals surface area contributed by atoms with E-state index in [4.69, 9.17) is 0 Å². The zero-order chi connectivity index (χ0) is 19.7. The lowest BCUT2D eigenvalue weighted by Crippen LogP contribution is -2.53. The number of pyridine rings is 1. The van der Waals surface area contributed by atoms with Crippen LogP contribution in [-0.2, 0) is 11.8 Å². The Morgan fingerprint density at radius 2 is 1.96 bits per heavy atom. The molecular weight excluding hydrogens is 349 g/mol. The molecule has 1 aromatic heterocycles. The third-order valence-corrected chi connectivity index (χ3v) is 4.80. The molecule has 2 aromatic rings. The van der Waals surface area contributed by atoms with Crippen LogP contribution < -0.4 is 10.9 Å². The second kappa shape index (κ2) is 7.34. The molecule has 142 valence electrons. The molecule has 1 fully saturated rings. The molecule has 27 heavy (non-hydrogen) atoms. The third kappa shape index (κ3) is 3.49. The maximum atomic E-state index is 13.6. The largest absolute Gasteiger partial charge is 0.352 e. The van der Waals surface area contributed by atoms with Gasteiger partial charge in [-0.1, -0.05) is 26.0 Å². The van der Waals surface area contributed by atoms with Crippen LogP contribution in [0.2, 0.25) is 0 Å². The Labute approximate surface area is 156 Å². The van der Waals surface area contributed by atoms with Gasteiger partial charge in [0.25, 0.3) is 11.5 Å². The number of rotatable bonds is 3. The molecule has 6 nitrogen and oxygen atoms in total. The SMILES string of the molecule is CC(C)c1ccc(C(=O)N2CCNC(=O)[C@@H]2c2cccc(F)c2)c(=O)n1C. The van der Waals surface area contributed by atoms with Crippen molar-refractivity contribution in [1.82, 2.24) is 14.8 Å². The van der Waals surface area contributed by atoms with Crippen LogP contribution >= 0.6 is 0 Å². The van der Waals surface area contributed by atoms with Crippen molar-refractivity contribution in [3.8, 4) is 0 Å². The molecule has 1 atom stereocenters. The Hall–Kier alpha value is -2.96. The minimum absolute atomic E-state index is 0.00185. The van der Waals surface area contributed by atoms with Crippen LogP contribution in [0.3, 0.4) is 0 Å². The zero-order valence-electron chi connectivity index (χ0n) is 15.5. The Bertz CT molecular complexity index is 952. The highest BCUT2D eigenvalue weighted by Gasteiger charge is 2.36. The third-order valence-electron chi connectivity index (χ3n) is 4.80. The number of nitrogens with one attached hydrogen (secondary N) is 1. The van der Waals surface area contributed by atoms with E-state index < -0.39 is 29.2 Å². The smallest absolute Gasteiger partial charge is 0.263 e. The van der Waals surface area contributed by atoms with E-state index >= 15 is 0 Å². The molecule has 0 spiro atoms. The number of aromatic nitrogens is 1. The van der Waals surface area contributed by atoms with Gasteiger partial charge in [-0.15, -0.1) is 0 Å². The van der Waals surface area contributed by atoms with Gasteiger partial charge in [0.2, 0.25) is 5.91 Å². The van der Waals surface area contributed by atoms with Gasteiger partial charge in [-0.2, -0.15) is 0 Å². The quantitative estimate of drug-likeness (QED) is 0.897. The van der Waals surface area contributed by atoms with Gasteiger partial charge in [0.1, 0.15) is 17.4 Å². The van der Waals surface area contributed by atoms with Crippen LogP contribution in [0.5, 0.6) is 0 Å². The molecule has 1 aliphatic heterocycles. The van der Waals surface area contributed by atoms with E-state index in [9.17, 15) is 18.8 Å². The number of hydrogen-bond donors (Lipinski definition) is 1. The van der Waals surface area contributed by atoms with Crippen molar-refractivity contribution in [3.63, 3.8) is 0 Å². The van der Waals surface area contributed by atoms with E-state index in [0.29, 0.717) is 5.56 Å². The van der Waals surface area contributed by atoms with Gasteiger partial charge in [0.15, 0.2) is 0 Å². The summed E-state index contributed by atoms with van der Waals surface area (Å²) < 4.78 is 15.1. The normalized spacial score (nSPS) is 17.1. The fourth-order valence-corrected chi connectivity index (χ4v) is 3.44. The number of nitrogens with zero attached hydrogens (tertiary/aromatic N) is 2. The van der Waals surface area contributed by atoms with Gasteiger partial charge in [-0.05, 0) is 35.7 Å². The van der Waals surface area contributed by atoms with Crippen molar-refractivity contribution in [2.75, 3.05) is 13.1 Å². The monoisotopic (exact) mass is 371 g/mol. The molecule has 0 aliphatic carbocycles. The molecule has 0 saturated carbocycles. The van der Waals surface area contributed by atoms with Gasteiger partial charge in [-0.25, -0.2) is 4.39 Å². The van der Waals surface area contributed by atoms with Crippen molar-refractivity contribution in [2.45, 2.75) is 25.8 Å². The molecular formula is C20H22FN3O3. The highest BCUT2D eigenvalue weighted by Crippen LogP contribution is 2.25. The lowest BCUT2D eigenvalue weighted by Gasteiger charge is -2.35. The van der Waals surface area contributed by atoms with Crippen LogP contribution in [0, 0.1) is 5.82 Å². The minimum Gasteiger partial charge on any atom is -0.352 e. The van der Waals surface area contributed by atoms with Crippen LogP contribution in [-0.4, -0.2) is 34.4 Å². The standard InChI is InChI=1S/C20H22FN3O3/c1-12(2)16-8-7-15(19(26)23(16)3)20(27)24-10-9-22-18(25)17(24)13-5-4-6-14(21)11-13/h4-8,11-12,17H,9-10H2,1-3H3,(H,22,25)/t17-/m0/s1. The zero-order valence-corrected chi connectivity index (χ0v) is 15.5. The van der Waals surface area contributed by atoms with Crippen LogP contribution in [0.1, 0.15) is 47.4 Å². The topological polar surface area (TPSA) is 71.4 Å². The fraction of sp³-hybridized carbons (Fsp3) is 0.350. The average Bonchev–Trinajstić information content (AvgIpc) is 2.62. The van der Waals surface area contributed by atoms with E-state index in [2.05, 4.69) is 5.32 Å². The summed E-state index contributed by atoms with van der Waals surface area (Å²) in [6.07, 6.45) is 0. The molecule has 1 aromatic carbocycles. The molecule has 1 saturated heterocycles. The summed E-state index contributed by atoms with van der Waals surface area (Å²) in [7, 11) is 1.63. The summed E-state index contributed by atoms with van der Waals surface area (Å²) in [5.74, 6) is -1.28. The Morgan fingerprint density at radius 3 is 2.63 bits per heavy atom. The molecule has 7 heteroatoms. The van der Waals surface area contributed by atoms with Crippen molar-refractivity contribution >= 4 is 11.8 Å². The van der Waals surface area contributed by atoms with E-state index in [1.165, 1.54) is 33.7 Å². The number of amides is 2. The molecule has 0 unspecified atom stereocenters. The van der Waals surface area contributed by atoms with Crippen LogP contribution in [0.4, 0.5) is 4.39 Å². The molecule has 2 heterocycles. The number of benzene rings is 1. The summed E-state index contributed by atoms with van der Waals surface area (Å²) in [6.45, 7) is 4.44. The van der Waals surface area contributed by atoms with Crippen molar-refractivity contribution in [1.29, 1.82) is 0 Å². The molecule has 0 radical (unpaired) electrons. The Kier molecular flexibility index (Phi) is 5.12. The first-order chi connectivity index (χ1) is 12.8. The Morgan fingerprint density at radius 1 is 1.22 bits per heavy atom. The first-order valence-corrected chi connectivity index (χ1v) is 8.85. The molecule has 0 bridgehead atoms. The molecule has 1 aliphatic rings. The summed E-state index contributed by atoms with van der Waals surface area (Å²) >= 11 is 0. The maximum absolute atomic E-state index is 13.6. The van der Waals surface area contributed by atoms with Gasteiger partial charge < -0.3 is 14.8 Å². The maximum Gasteiger partial charge on any atom is 0.263 e. The second-order valence-corrected chi connectivity index (χ2v) is 6.94. The predicted octanol–water partition coefficient (Wildman–Crippen LogP) is 1.96. The first kappa shape index (κ1) is 18.8. The number of carbonyl (C=O) groups excluding carboxylic acids is 2. The van der Waals surface area contributed by atoms with E-state index in [1.807, 2.05) is 13.8 Å². The number of halogens is 1. The minimum atomic E-state index is -0.976. The highest BCUT2D eigenvalue weighted by atomic mass is 19.1. The van der Waals surface area contributed by atoms with Gasteiger partial charge in [-0.3, -0.25) is 14.4 Å². The number of piperazine rings is 1. The summed E-state index contributed by atoms with van der Waals surface area (Å²) in [4.78, 5) is 39.6.